The number of piperidine rings is 1. The summed E-state index contributed by atoms with van der Waals surface area (Å²) in [5, 5.41) is 6.67. The molecule has 0 aromatic heterocycles. The van der Waals surface area contributed by atoms with Crippen molar-refractivity contribution in [1.82, 2.24) is 10.6 Å². The van der Waals surface area contributed by atoms with Gasteiger partial charge in [0.05, 0.1) is 5.41 Å². The molecule has 5 heteroatoms. The molecule has 1 saturated heterocycles. The first-order chi connectivity index (χ1) is 10.2. The van der Waals surface area contributed by atoms with Gasteiger partial charge in [0.1, 0.15) is 0 Å². The summed E-state index contributed by atoms with van der Waals surface area (Å²) in [5.74, 6) is 0.245. The Morgan fingerprint density at radius 3 is 2.32 bits per heavy atom. The molecule has 0 unspecified atom stereocenters. The van der Waals surface area contributed by atoms with E-state index >= 15 is 0 Å². The van der Waals surface area contributed by atoms with Gasteiger partial charge in [0.25, 0.3) is 0 Å². The van der Waals surface area contributed by atoms with Crippen molar-refractivity contribution in [2.75, 3.05) is 13.1 Å². The number of carbonyl (C=O) groups excluding carboxylic acids is 1. The molecule has 1 saturated carbocycles. The second-order valence-corrected chi connectivity index (χ2v) is 7.21. The Labute approximate surface area is 147 Å². The maximum absolute atomic E-state index is 13.0. The zero-order valence-corrected chi connectivity index (χ0v) is 15.1. The quantitative estimate of drug-likeness (QED) is 0.833. The van der Waals surface area contributed by atoms with E-state index in [2.05, 4.69) is 38.7 Å². The lowest BCUT2D eigenvalue weighted by Gasteiger charge is -2.32. The molecule has 3 rings (SSSR count). The van der Waals surface area contributed by atoms with Crippen LogP contribution in [0.25, 0.3) is 0 Å². The maximum atomic E-state index is 13.0. The number of benzene rings is 1. The average molecular weight is 388 g/mol. The molecule has 1 aromatic carbocycles. The number of nitrogens with one attached hydrogen (secondary N) is 2. The van der Waals surface area contributed by atoms with Gasteiger partial charge in [-0.1, -0.05) is 40.9 Å². The average Bonchev–Trinajstić information content (AvgIpc) is 3.00. The van der Waals surface area contributed by atoms with Crippen molar-refractivity contribution < 1.29 is 4.79 Å². The van der Waals surface area contributed by atoms with Crippen LogP contribution in [0.1, 0.15) is 44.1 Å². The van der Waals surface area contributed by atoms with Crippen molar-refractivity contribution in [3.8, 4) is 0 Å². The molecule has 1 amide bonds. The molecule has 2 N–H and O–H groups in total. The van der Waals surface area contributed by atoms with Gasteiger partial charge in [-0.05, 0) is 56.5 Å². The molecule has 1 aliphatic heterocycles. The Bertz CT molecular complexity index is 494. The second-order valence-electron chi connectivity index (χ2n) is 6.29. The van der Waals surface area contributed by atoms with Gasteiger partial charge in [0.2, 0.25) is 5.91 Å². The first-order valence-corrected chi connectivity index (χ1v) is 8.78. The largest absolute Gasteiger partial charge is 0.353 e. The highest BCUT2D eigenvalue weighted by Gasteiger charge is 2.43. The summed E-state index contributed by atoms with van der Waals surface area (Å²) in [6.07, 6.45) is 6.34. The van der Waals surface area contributed by atoms with E-state index in [4.69, 9.17) is 0 Å². The van der Waals surface area contributed by atoms with Crippen molar-refractivity contribution in [3.63, 3.8) is 0 Å². The Morgan fingerprint density at radius 1 is 1.14 bits per heavy atom. The van der Waals surface area contributed by atoms with E-state index in [-0.39, 0.29) is 23.7 Å². The van der Waals surface area contributed by atoms with Gasteiger partial charge in [-0.3, -0.25) is 4.79 Å². The van der Waals surface area contributed by atoms with Crippen molar-refractivity contribution in [2.24, 2.45) is 0 Å². The van der Waals surface area contributed by atoms with E-state index in [1.807, 2.05) is 12.1 Å². The van der Waals surface area contributed by atoms with Crippen molar-refractivity contribution in [2.45, 2.75) is 50.0 Å². The smallest absolute Gasteiger partial charge is 0.230 e. The van der Waals surface area contributed by atoms with Crippen molar-refractivity contribution >= 4 is 34.2 Å². The van der Waals surface area contributed by atoms with Crippen LogP contribution in [0.4, 0.5) is 0 Å². The first-order valence-electron chi connectivity index (χ1n) is 7.98. The van der Waals surface area contributed by atoms with E-state index in [9.17, 15) is 4.79 Å². The van der Waals surface area contributed by atoms with Crippen LogP contribution in [0.15, 0.2) is 28.7 Å². The van der Waals surface area contributed by atoms with Crippen LogP contribution in [-0.2, 0) is 10.2 Å². The van der Waals surface area contributed by atoms with Gasteiger partial charge >= 0.3 is 0 Å². The zero-order valence-electron chi connectivity index (χ0n) is 12.7. The third-order valence-electron chi connectivity index (χ3n) is 4.96. The molecule has 3 nitrogen and oxygen atoms in total. The number of amides is 1. The molecule has 0 atom stereocenters. The predicted octanol–water partition coefficient (Wildman–Crippen LogP) is 3.55. The zero-order chi connectivity index (χ0) is 14.7. The lowest BCUT2D eigenvalue weighted by Crippen LogP contribution is -2.50. The number of halogens is 2. The summed E-state index contributed by atoms with van der Waals surface area (Å²) < 4.78 is 1.07. The molecule has 22 heavy (non-hydrogen) atoms. The third-order valence-corrected chi connectivity index (χ3v) is 5.49. The van der Waals surface area contributed by atoms with Crippen LogP contribution in [0.3, 0.4) is 0 Å². The van der Waals surface area contributed by atoms with E-state index in [1.165, 1.54) is 5.56 Å². The first kappa shape index (κ1) is 17.8. The minimum Gasteiger partial charge on any atom is -0.353 e. The van der Waals surface area contributed by atoms with E-state index < -0.39 is 0 Å². The molecule has 2 aliphatic rings. The monoisotopic (exact) mass is 386 g/mol. The topological polar surface area (TPSA) is 41.1 Å². The minimum atomic E-state index is -0.300. The summed E-state index contributed by atoms with van der Waals surface area (Å²) in [6.45, 7) is 2.02. The highest BCUT2D eigenvalue weighted by atomic mass is 79.9. The lowest BCUT2D eigenvalue weighted by molar-refractivity contribution is -0.127. The fourth-order valence-corrected chi connectivity index (χ4v) is 3.95. The second kappa shape index (κ2) is 7.80. The third kappa shape index (κ3) is 3.66. The summed E-state index contributed by atoms with van der Waals surface area (Å²) >= 11 is 3.48. The fraction of sp³-hybridized carbons (Fsp3) is 0.588. The van der Waals surface area contributed by atoms with Crippen LogP contribution in [-0.4, -0.2) is 25.0 Å². The molecule has 2 fully saturated rings. The number of rotatable bonds is 3. The number of hydrogen-bond donors (Lipinski definition) is 2. The van der Waals surface area contributed by atoms with Gasteiger partial charge in [0.15, 0.2) is 0 Å². The van der Waals surface area contributed by atoms with Crippen molar-refractivity contribution in [3.05, 3.63) is 34.3 Å². The molecular formula is C17H24BrClN2O. The molecule has 1 aromatic rings. The highest BCUT2D eigenvalue weighted by molar-refractivity contribution is 9.10. The van der Waals surface area contributed by atoms with Crippen LogP contribution in [0, 0.1) is 0 Å². The van der Waals surface area contributed by atoms with E-state index in [1.54, 1.807) is 0 Å². The van der Waals surface area contributed by atoms with Gasteiger partial charge < -0.3 is 10.6 Å². The Hall–Kier alpha value is -0.580. The lowest BCUT2D eigenvalue weighted by atomic mass is 9.77. The van der Waals surface area contributed by atoms with Crippen LogP contribution in [0.2, 0.25) is 0 Å². The van der Waals surface area contributed by atoms with Gasteiger partial charge in [-0.25, -0.2) is 0 Å². The Balaban J connectivity index is 0.00000176. The molecule has 0 radical (unpaired) electrons. The van der Waals surface area contributed by atoms with Crippen LogP contribution >= 0.6 is 28.3 Å². The predicted molar refractivity (Wildman–Crippen MR) is 95.6 cm³/mol. The van der Waals surface area contributed by atoms with Crippen LogP contribution in [0.5, 0.6) is 0 Å². The Kier molecular flexibility index (Phi) is 6.30. The van der Waals surface area contributed by atoms with Crippen molar-refractivity contribution in [1.29, 1.82) is 0 Å². The minimum absolute atomic E-state index is 0. The van der Waals surface area contributed by atoms with E-state index in [0.29, 0.717) is 6.04 Å². The van der Waals surface area contributed by atoms with Gasteiger partial charge in [-0.15, -0.1) is 12.4 Å². The summed E-state index contributed by atoms with van der Waals surface area (Å²) in [6, 6.07) is 8.65. The molecule has 1 aliphatic carbocycles. The molecular weight excluding hydrogens is 364 g/mol. The normalized spacial score (nSPS) is 21.1. The SMILES string of the molecule is Cl.O=C(NC1CCNCC1)C1(c2ccc(Br)cc2)CCCC1. The summed E-state index contributed by atoms with van der Waals surface area (Å²) in [7, 11) is 0. The fourth-order valence-electron chi connectivity index (χ4n) is 3.68. The van der Waals surface area contributed by atoms with E-state index in [0.717, 1.165) is 56.1 Å². The summed E-state index contributed by atoms with van der Waals surface area (Å²) in [4.78, 5) is 13.0. The molecule has 0 bridgehead atoms. The number of hydrogen-bond acceptors (Lipinski definition) is 2. The van der Waals surface area contributed by atoms with Gasteiger partial charge in [-0.2, -0.15) is 0 Å². The van der Waals surface area contributed by atoms with Gasteiger partial charge in [0, 0.05) is 10.5 Å². The number of carbonyl (C=O) groups is 1. The maximum Gasteiger partial charge on any atom is 0.230 e. The standard InChI is InChI=1S/C17H23BrN2O.ClH/c18-14-5-3-13(4-6-14)17(9-1-2-10-17)16(21)20-15-7-11-19-12-8-15;/h3-6,15,19H,1-2,7-12H2,(H,20,21);1H. The molecule has 1 heterocycles. The molecule has 122 valence electrons. The highest BCUT2D eigenvalue weighted by Crippen LogP contribution is 2.41. The van der Waals surface area contributed by atoms with Crippen LogP contribution < -0.4 is 10.6 Å². The Morgan fingerprint density at radius 2 is 1.73 bits per heavy atom. The molecule has 0 spiro atoms. The summed E-state index contributed by atoms with van der Waals surface area (Å²) in [5.41, 5.74) is 0.876.